The van der Waals surface area contributed by atoms with Crippen molar-refractivity contribution in [2.45, 2.75) is 0 Å². The van der Waals surface area contributed by atoms with Gasteiger partial charge >= 0.3 is 0 Å². The zero-order valence-electron chi connectivity index (χ0n) is 5.39. The third-order valence-electron chi connectivity index (χ3n) is 1.08. The Balaban J connectivity index is 3.02. The van der Waals surface area contributed by atoms with Gasteiger partial charge in [-0.25, -0.2) is 0 Å². The lowest BCUT2D eigenvalue weighted by Crippen LogP contribution is -2.04. The molecule has 54 valence electrons. The highest BCUT2D eigenvalue weighted by atomic mass is 16.1. The van der Waals surface area contributed by atoms with E-state index in [4.69, 9.17) is 5.53 Å². The van der Waals surface area contributed by atoms with Gasteiger partial charge in [-0.05, 0) is 23.8 Å². The van der Waals surface area contributed by atoms with Gasteiger partial charge in [-0.1, -0.05) is 5.11 Å². The molecule has 5 heteroatoms. The van der Waals surface area contributed by atoms with Gasteiger partial charge in [-0.3, -0.25) is 9.59 Å². The van der Waals surface area contributed by atoms with Crippen LogP contribution in [0, 0.1) is 0 Å². The second-order valence-corrected chi connectivity index (χ2v) is 1.82. The molecule has 0 bridgehead atoms. The van der Waals surface area contributed by atoms with Crippen molar-refractivity contribution in [2.24, 2.45) is 5.11 Å². The number of hydrogen-bond acceptors (Lipinski definition) is 3. The maximum absolute atomic E-state index is 10.8. The predicted molar refractivity (Wildman–Crippen MR) is 36.4 cm³/mol. The first-order valence-electron chi connectivity index (χ1n) is 2.77. The second kappa shape index (κ2) is 2.81. The highest BCUT2D eigenvalue weighted by Crippen LogP contribution is 2.05. The van der Waals surface area contributed by atoms with Crippen LogP contribution in [0.4, 0.5) is 0 Å². The van der Waals surface area contributed by atoms with Crippen LogP contribution in [0.25, 0.3) is 10.4 Å². The fraction of sp³-hybridized carbons (Fsp3) is 0. The number of nitrogens with zero attached hydrogens (tertiary/aromatic N) is 3. The summed E-state index contributed by atoms with van der Waals surface area (Å²) in [5.74, 6) is -0.783. The molecular weight excluding hydrogens is 146 g/mol. The number of rotatable bonds is 1. The van der Waals surface area contributed by atoms with Crippen molar-refractivity contribution in [3.63, 3.8) is 0 Å². The van der Waals surface area contributed by atoms with Gasteiger partial charge in [0.2, 0.25) is 0 Å². The molecule has 0 aliphatic heterocycles. The van der Waals surface area contributed by atoms with Crippen molar-refractivity contribution in [3.8, 4) is 0 Å². The standard InChI is InChI=1S/C6H3N3O2/c7-9-8-5-3-4(10)1-2-6(5)11/h1-3H. The number of hydrogen-bond donors (Lipinski definition) is 0. The minimum atomic E-state index is -0.442. The van der Waals surface area contributed by atoms with Crippen LogP contribution in [-0.2, 0) is 9.59 Å². The SMILES string of the molecule is [N-]=[N+]=NC1=CC(=O)C=CC1=O. The lowest BCUT2D eigenvalue weighted by atomic mass is 10.1. The van der Waals surface area contributed by atoms with E-state index in [1.807, 2.05) is 0 Å². The number of carbonyl (C=O) groups excluding carboxylic acids is 2. The fourth-order valence-electron chi connectivity index (χ4n) is 0.624. The zero-order valence-corrected chi connectivity index (χ0v) is 5.39. The van der Waals surface area contributed by atoms with Crippen LogP contribution < -0.4 is 0 Å². The van der Waals surface area contributed by atoms with E-state index < -0.39 is 5.78 Å². The van der Waals surface area contributed by atoms with Gasteiger partial charge < -0.3 is 0 Å². The molecule has 0 amide bonds. The summed E-state index contributed by atoms with van der Waals surface area (Å²) in [5.41, 5.74) is 7.80. The monoisotopic (exact) mass is 149 g/mol. The fourth-order valence-corrected chi connectivity index (χ4v) is 0.624. The molecule has 0 spiro atoms. The summed E-state index contributed by atoms with van der Waals surface area (Å²) < 4.78 is 0. The zero-order chi connectivity index (χ0) is 8.27. The van der Waals surface area contributed by atoms with Crippen LogP contribution in [0.5, 0.6) is 0 Å². The first-order valence-corrected chi connectivity index (χ1v) is 2.77. The van der Waals surface area contributed by atoms with Crippen LogP contribution in [0.2, 0.25) is 0 Å². The highest BCUT2D eigenvalue weighted by molar-refractivity contribution is 6.17. The Morgan fingerprint density at radius 1 is 1.36 bits per heavy atom. The third-order valence-corrected chi connectivity index (χ3v) is 1.08. The minimum Gasteiger partial charge on any atom is -0.290 e. The summed E-state index contributed by atoms with van der Waals surface area (Å²) in [6, 6.07) is 0. The first kappa shape index (κ1) is 7.24. The van der Waals surface area contributed by atoms with Crippen molar-refractivity contribution in [3.05, 3.63) is 34.4 Å². The molecule has 5 nitrogen and oxygen atoms in total. The van der Waals surface area contributed by atoms with E-state index >= 15 is 0 Å². The summed E-state index contributed by atoms with van der Waals surface area (Å²) in [6.07, 6.45) is 3.20. The lowest BCUT2D eigenvalue weighted by molar-refractivity contribution is -0.114. The van der Waals surface area contributed by atoms with E-state index in [0.717, 1.165) is 18.2 Å². The molecule has 1 aliphatic carbocycles. The third kappa shape index (κ3) is 1.53. The van der Waals surface area contributed by atoms with Crippen LogP contribution in [0.3, 0.4) is 0 Å². The molecule has 0 N–H and O–H groups in total. The average molecular weight is 149 g/mol. The Hall–Kier alpha value is -1.87. The van der Waals surface area contributed by atoms with Crippen molar-refractivity contribution in [1.82, 2.24) is 0 Å². The summed E-state index contributed by atoms with van der Waals surface area (Å²) >= 11 is 0. The average Bonchev–Trinajstić information content (AvgIpc) is 1.98. The van der Waals surface area contributed by atoms with Crippen molar-refractivity contribution < 1.29 is 9.59 Å². The van der Waals surface area contributed by atoms with Crippen molar-refractivity contribution in [2.75, 3.05) is 0 Å². The Kier molecular flexibility index (Phi) is 1.85. The van der Waals surface area contributed by atoms with Gasteiger partial charge in [-0.2, -0.15) is 0 Å². The highest BCUT2D eigenvalue weighted by Gasteiger charge is 2.10. The molecule has 0 radical (unpaired) electrons. The molecule has 0 atom stereocenters. The summed E-state index contributed by atoms with van der Waals surface area (Å²) in [7, 11) is 0. The largest absolute Gasteiger partial charge is 0.290 e. The molecule has 0 aromatic carbocycles. The topological polar surface area (TPSA) is 82.9 Å². The second-order valence-electron chi connectivity index (χ2n) is 1.82. The summed E-state index contributed by atoms with van der Waals surface area (Å²) in [5, 5.41) is 3.04. The van der Waals surface area contributed by atoms with Gasteiger partial charge in [0.05, 0.1) is 5.70 Å². The maximum Gasteiger partial charge on any atom is 0.188 e. The van der Waals surface area contributed by atoms with E-state index in [9.17, 15) is 9.59 Å². The van der Waals surface area contributed by atoms with Crippen molar-refractivity contribution in [1.29, 1.82) is 0 Å². The quantitative estimate of drug-likeness (QED) is 0.240. The van der Waals surface area contributed by atoms with Gasteiger partial charge in [0.15, 0.2) is 11.6 Å². The van der Waals surface area contributed by atoms with E-state index in [-0.39, 0.29) is 11.5 Å². The molecular formula is C6H3N3O2. The number of carbonyl (C=O) groups is 2. The van der Waals surface area contributed by atoms with Gasteiger partial charge in [-0.15, -0.1) is 0 Å². The molecule has 0 fully saturated rings. The van der Waals surface area contributed by atoms with Crippen LogP contribution in [0.15, 0.2) is 29.0 Å². The first-order chi connectivity index (χ1) is 5.24. The van der Waals surface area contributed by atoms with Crippen LogP contribution in [-0.4, -0.2) is 11.6 Å². The molecule has 0 unspecified atom stereocenters. The lowest BCUT2D eigenvalue weighted by Gasteiger charge is -1.96. The predicted octanol–water partition coefficient (Wildman–Crippen LogP) is 0.889. The van der Waals surface area contributed by atoms with E-state index in [1.165, 1.54) is 0 Å². The Morgan fingerprint density at radius 3 is 2.73 bits per heavy atom. The Morgan fingerprint density at radius 2 is 2.09 bits per heavy atom. The molecule has 1 aliphatic rings. The van der Waals surface area contributed by atoms with E-state index in [0.29, 0.717) is 0 Å². The normalized spacial score (nSPS) is 15.8. The smallest absolute Gasteiger partial charge is 0.188 e. The molecule has 0 saturated heterocycles. The molecule has 11 heavy (non-hydrogen) atoms. The van der Waals surface area contributed by atoms with E-state index in [2.05, 4.69) is 10.0 Å². The summed E-state index contributed by atoms with van der Waals surface area (Å²) in [4.78, 5) is 23.7. The number of allylic oxidation sites excluding steroid dienone is 3. The Labute approximate surface area is 61.6 Å². The van der Waals surface area contributed by atoms with Crippen LogP contribution >= 0.6 is 0 Å². The Bertz CT molecular complexity index is 321. The molecule has 0 aromatic rings. The van der Waals surface area contributed by atoms with Gasteiger partial charge in [0.25, 0.3) is 0 Å². The van der Waals surface area contributed by atoms with E-state index in [1.54, 1.807) is 0 Å². The molecule has 0 heterocycles. The number of azide groups is 1. The number of ketones is 2. The minimum absolute atomic E-state index is 0.153. The molecule has 0 saturated carbocycles. The summed E-state index contributed by atoms with van der Waals surface area (Å²) in [6.45, 7) is 0. The van der Waals surface area contributed by atoms with Gasteiger partial charge in [0, 0.05) is 4.91 Å². The van der Waals surface area contributed by atoms with Gasteiger partial charge in [0.1, 0.15) is 0 Å². The molecule has 1 rings (SSSR count). The van der Waals surface area contributed by atoms with Crippen LogP contribution in [0.1, 0.15) is 0 Å². The maximum atomic E-state index is 10.8. The molecule has 0 aromatic heterocycles. The van der Waals surface area contributed by atoms with Crippen molar-refractivity contribution >= 4 is 11.6 Å².